The lowest BCUT2D eigenvalue weighted by molar-refractivity contribution is 0.336. The van der Waals surface area contributed by atoms with Gasteiger partial charge in [-0.2, -0.15) is 5.26 Å². The van der Waals surface area contributed by atoms with E-state index in [-0.39, 0.29) is 5.54 Å². The molecule has 0 saturated carbocycles. The van der Waals surface area contributed by atoms with Gasteiger partial charge in [0.15, 0.2) is 0 Å². The summed E-state index contributed by atoms with van der Waals surface area (Å²) >= 11 is 0. The van der Waals surface area contributed by atoms with E-state index in [0.29, 0.717) is 0 Å². The van der Waals surface area contributed by atoms with Crippen molar-refractivity contribution in [2.75, 3.05) is 0 Å². The monoisotopic (exact) mass is 140 g/mol. The van der Waals surface area contributed by atoms with Crippen LogP contribution < -0.4 is 5.32 Å². The molecule has 0 radical (unpaired) electrons. The number of hydrogen-bond acceptors (Lipinski definition) is 2. The van der Waals surface area contributed by atoms with Crippen molar-refractivity contribution >= 4 is 0 Å². The smallest absolute Gasteiger partial charge is 0.101 e. The van der Waals surface area contributed by atoms with Crippen LogP contribution in [0.5, 0.6) is 0 Å². The summed E-state index contributed by atoms with van der Waals surface area (Å²) in [5.41, 5.74) is -0.405. The molecule has 0 atom stereocenters. The molecule has 0 unspecified atom stereocenters. The van der Waals surface area contributed by atoms with E-state index in [4.69, 9.17) is 5.26 Å². The van der Waals surface area contributed by atoms with E-state index < -0.39 is 5.54 Å². The molecule has 0 fully saturated rings. The van der Waals surface area contributed by atoms with Crippen LogP contribution in [0, 0.1) is 11.3 Å². The van der Waals surface area contributed by atoms with Gasteiger partial charge in [0.05, 0.1) is 6.07 Å². The van der Waals surface area contributed by atoms with E-state index in [1.165, 1.54) is 0 Å². The van der Waals surface area contributed by atoms with Gasteiger partial charge in [-0.15, -0.1) is 0 Å². The third kappa shape index (κ3) is 4.34. The maximum absolute atomic E-state index is 8.64. The standard InChI is InChI=1S/C8H16N2/c1-7(2,3)10-8(4,5)6-9/h10H,1-5H3. The Kier molecular flexibility index (Phi) is 2.45. The first-order chi connectivity index (χ1) is 4.27. The molecular weight excluding hydrogens is 124 g/mol. The Hall–Kier alpha value is -0.550. The van der Waals surface area contributed by atoms with E-state index in [1.807, 2.05) is 34.6 Å². The molecule has 0 amide bonds. The van der Waals surface area contributed by atoms with Crippen LogP contribution in [0.15, 0.2) is 0 Å². The topological polar surface area (TPSA) is 35.8 Å². The number of rotatable bonds is 1. The molecule has 0 aliphatic carbocycles. The fraction of sp³-hybridized carbons (Fsp3) is 0.875. The maximum Gasteiger partial charge on any atom is 0.101 e. The summed E-state index contributed by atoms with van der Waals surface area (Å²) in [7, 11) is 0. The van der Waals surface area contributed by atoms with Crippen LogP contribution in [0.3, 0.4) is 0 Å². The van der Waals surface area contributed by atoms with Crippen molar-refractivity contribution in [1.29, 1.82) is 5.26 Å². The highest BCUT2D eigenvalue weighted by Gasteiger charge is 2.22. The molecule has 0 spiro atoms. The molecule has 0 saturated heterocycles. The Labute approximate surface area is 63.2 Å². The van der Waals surface area contributed by atoms with Crippen LogP contribution in [0.1, 0.15) is 34.6 Å². The first-order valence-corrected chi connectivity index (χ1v) is 3.47. The van der Waals surface area contributed by atoms with Gasteiger partial charge in [-0.3, -0.25) is 5.32 Å². The lowest BCUT2D eigenvalue weighted by atomic mass is 10.0. The first kappa shape index (κ1) is 9.45. The quantitative estimate of drug-likeness (QED) is 0.601. The average molecular weight is 140 g/mol. The van der Waals surface area contributed by atoms with Crippen molar-refractivity contribution in [3.8, 4) is 6.07 Å². The molecule has 0 heterocycles. The summed E-state index contributed by atoms with van der Waals surface area (Å²) in [6.07, 6.45) is 0. The lowest BCUT2D eigenvalue weighted by Crippen LogP contribution is -2.49. The van der Waals surface area contributed by atoms with Crippen LogP contribution >= 0.6 is 0 Å². The zero-order valence-electron chi connectivity index (χ0n) is 7.45. The zero-order chi connectivity index (χ0) is 8.41. The molecule has 1 N–H and O–H groups in total. The van der Waals surface area contributed by atoms with Crippen LogP contribution in [0.4, 0.5) is 0 Å². The van der Waals surface area contributed by atoms with Gasteiger partial charge in [-0.1, -0.05) is 0 Å². The third-order valence-electron chi connectivity index (χ3n) is 0.967. The second-order valence-corrected chi connectivity index (χ2v) is 4.11. The number of nitriles is 1. The fourth-order valence-corrected chi connectivity index (χ4v) is 0.965. The molecule has 0 aromatic rings. The van der Waals surface area contributed by atoms with Crippen LogP contribution in [0.25, 0.3) is 0 Å². The van der Waals surface area contributed by atoms with Crippen LogP contribution in [-0.2, 0) is 0 Å². The number of hydrogen-bond donors (Lipinski definition) is 1. The van der Waals surface area contributed by atoms with Gasteiger partial charge in [-0.05, 0) is 34.6 Å². The SMILES string of the molecule is CC(C)(C)NC(C)(C)C#N. The Morgan fingerprint density at radius 2 is 1.50 bits per heavy atom. The van der Waals surface area contributed by atoms with Crippen molar-refractivity contribution in [3.63, 3.8) is 0 Å². The summed E-state index contributed by atoms with van der Waals surface area (Å²) in [6, 6.07) is 2.19. The Bertz CT molecular complexity index is 146. The van der Waals surface area contributed by atoms with Crippen molar-refractivity contribution in [1.82, 2.24) is 5.32 Å². The first-order valence-electron chi connectivity index (χ1n) is 3.47. The second kappa shape index (κ2) is 2.59. The van der Waals surface area contributed by atoms with Crippen molar-refractivity contribution in [2.24, 2.45) is 0 Å². The molecule has 0 aliphatic rings. The van der Waals surface area contributed by atoms with E-state index in [0.717, 1.165) is 0 Å². The zero-order valence-corrected chi connectivity index (χ0v) is 7.45. The minimum atomic E-state index is -0.418. The number of nitrogens with one attached hydrogen (secondary N) is 1. The molecule has 10 heavy (non-hydrogen) atoms. The van der Waals surface area contributed by atoms with Crippen LogP contribution in [0.2, 0.25) is 0 Å². The molecular formula is C8H16N2. The van der Waals surface area contributed by atoms with Gasteiger partial charge in [0, 0.05) is 5.54 Å². The predicted molar refractivity (Wildman–Crippen MR) is 42.6 cm³/mol. The van der Waals surface area contributed by atoms with Crippen molar-refractivity contribution in [3.05, 3.63) is 0 Å². The number of nitrogens with zero attached hydrogens (tertiary/aromatic N) is 1. The summed E-state index contributed by atoms with van der Waals surface area (Å²) in [5, 5.41) is 11.8. The van der Waals surface area contributed by atoms with Gasteiger partial charge < -0.3 is 0 Å². The molecule has 58 valence electrons. The molecule has 0 aromatic heterocycles. The van der Waals surface area contributed by atoms with Crippen molar-refractivity contribution < 1.29 is 0 Å². The Morgan fingerprint density at radius 1 is 1.10 bits per heavy atom. The third-order valence-corrected chi connectivity index (χ3v) is 0.967. The van der Waals surface area contributed by atoms with Crippen LogP contribution in [-0.4, -0.2) is 11.1 Å². The molecule has 0 rings (SSSR count). The van der Waals surface area contributed by atoms with Gasteiger partial charge >= 0.3 is 0 Å². The lowest BCUT2D eigenvalue weighted by Gasteiger charge is -2.29. The fourth-order valence-electron chi connectivity index (χ4n) is 0.965. The minimum Gasteiger partial charge on any atom is -0.295 e. The van der Waals surface area contributed by atoms with E-state index >= 15 is 0 Å². The summed E-state index contributed by atoms with van der Waals surface area (Å²) in [5.74, 6) is 0. The Balaban J connectivity index is 4.05. The van der Waals surface area contributed by atoms with Gasteiger partial charge in [0.1, 0.15) is 5.54 Å². The highest BCUT2D eigenvalue weighted by atomic mass is 15.0. The summed E-state index contributed by atoms with van der Waals surface area (Å²) < 4.78 is 0. The van der Waals surface area contributed by atoms with Gasteiger partial charge in [0.2, 0.25) is 0 Å². The molecule has 2 heteroatoms. The maximum atomic E-state index is 8.64. The van der Waals surface area contributed by atoms with Gasteiger partial charge in [-0.25, -0.2) is 0 Å². The largest absolute Gasteiger partial charge is 0.295 e. The molecule has 0 bridgehead atoms. The molecule has 2 nitrogen and oxygen atoms in total. The minimum absolute atomic E-state index is 0.0131. The van der Waals surface area contributed by atoms with E-state index in [2.05, 4.69) is 11.4 Å². The molecule has 0 aromatic carbocycles. The van der Waals surface area contributed by atoms with Crippen molar-refractivity contribution in [2.45, 2.75) is 45.7 Å². The summed E-state index contributed by atoms with van der Waals surface area (Å²) in [6.45, 7) is 9.89. The Morgan fingerprint density at radius 3 is 1.60 bits per heavy atom. The summed E-state index contributed by atoms with van der Waals surface area (Å²) in [4.78, 5) is 0. The highest BCUT2D eigenvalue weighted by molar-refractivity contribution is 5.02. The highest BCUT2D eigenvalue weighted by Crippen LogP contribution is 2.08. The second-order valence-electron chi connectivity index (χ2n) is 4.11. The van der Waals surface area contributed by atoms with E-state index in [1.54, 1.807) is 0 Å². The normalized spacial score (nSPS) is 12.8. The average Bonchev–Trinajstić information content (AvgIpc) is 1.60. The predicted octanol–water partition coefficient (Wildman–Crippen LogP) is 1.68. The molecule has 0 aliphatic heterocycles. The van der Waals surface area contributed by atoms with Gasteiger partial charge in [0.25, 0.3) is 0 Å². The van der Waals surface area contributed by atoms with E-state index in [9.17, 15) is 0 Å².